The number of halogens is 1. The molecule has 0 atom stereocenters. The van der Waals surface area contributed by atoms with Gasteiger partial charge in [-0.3, -0.25) is 9.59 Å². The van der Waals surface area contributed by atoms with Gasteiger partial charge in [-0.1, -0.05) is 12.1 Å². The van der Waals surface area contributed by atoms with Gasteiger partial charge in [0.05, 0.1) is 16.4 Å². The third kappa shape index (κ3) is 2.07. The highest BCUT2D eigenvalue weighted by atomic mass is 19.1. The lowest BCUT2D eigenvalue weighted by Crippen LogP contribution is -2.16. The number of hydrogen-bond acceptors (Lipinski definition) is 2. The summed E-state index contributed by atoms with van der Waals surface area (Å²) >= 11 is 0. The number of pyridine rings is 1. The molecule has 0 aliphatic heterocycles. The molecule has 0 saturated heterocycles. The van der Waals surface area contributed by atoms with E-state index in [0.717, 1.165) is 5.56 Å². The molecule has 1 aromatic heterocycles. The molecule has 0 saturated carbocycles. The maximum Gasteiger partial charge on any atom is 0.323 e. The van der Waals surface area contributed by atoms with E-state index in [-0.39, 0.29) is 11.9 Å². The van der Waals surface area contributed by atoms with E-state index >= 15 is 0 Å². The average molecular weight is 285 g/mol. The van der Waals surface area contributed by atoms with Crippen molar-refractivity contribution < 1.29 is 14.3 Å². The van der Waals surface area contributed by atoms with E-state index in [9.17, 15) is 14.0 Å². The molecule has 3 aromatic rings. The molecule has 0 radical (unpaired) electrons. The van der Waals surface area contributed by atoms with Crippen LogP contribution in [0.3, 0.4) is 0 Å². The standard InChI is InChI=1S/C16H12FNO3/c1-9-5-6-10-13(7-9)18(8-14(19)20)12-4-2-3-11(17)15(12)16(10)21/h2-7H,8H2,1H3,(H,19,20). The van der Waals surface area contributed by atoms with Crippen LogP contribution in [0.4, 0.5) is 4.39 Å². The number of carboxylic acids is 1. The summed E-state index contributed by atoms with van der Waals surface area (Å²) in [6, 6.07) is 9.33. The number of hydrogen-bond donors (Lipinski definition) is 1. The highest BCUT2D eigenvalue weighted by Crippen LogP contribution is 2.22. The molecule has 0 spiro atoms. The van der Waals surface area contributed by atoms with E-state index < -0.39 is 17.2 Å². The molecule has 0 fully saturated rings. The zero-order chi connectivity index (χ0) is 15.1. The van der Waals surface area contributed by atoms with Gasteiger partial charge in [-0.25, -0.2) is 4.39 Å². The van der Waals surface area contributed by atoms with Crippen molar-refractivity contribution in [3.63, 3.8) is 0 Å². The number of fused-ring (bicyclic) bond motifs is 2. The molecule has 0 amide bonds. The number of rotatable bonds is 2. The topological polar surface area (TPSA) is 59.3 Å². The molecule has 3 rings (SSSR count). The number of carbonyl (C=O) groups is 1. The number of benzene rings is 2. The lowest BCUT2D eigenvalue weighted by atomic mass is 10.1. The number of aromatic nitrogens is 1. The summed E-state index contributed by atoms with van der Waals surface area (Å²) in [4.78, 5) is 23.6. The Morgan fingerprint density at radius 1 is 1.24 bits per heavy atom. The molecule has 0 bridgehead atoms. The van der Waals surface area contributed by atoms with Crippen LogP contribution in [0.5, 0.6) is 0 Å². The molecule has 0 unspecified atom stereocenters. The van der Waals surface area contributed by atoms with Gasteiger partial charge in [0.1, 0.15) is 12.4 Å². The number of aryl methyl sites for hydroxylation is 1. The molecular formula is C16H12FNO3. The quantitative estimate of drug-likeness (QED) is 0.736. The van der Waals surface area contributed by atoms with Crippen LogP contribution < -0.4 is 5.43 Å². The summed E-state index contributed by atoms with van der Waals surface area (Å²) in [5, 5.41) is 9.35. The molecule has 0 aliphatic carbocycles. The molecule has 4 nitrogen and oxygen atoms in total. The van der Waals surface area contributed by atoms with Crippen LogP contribution in [-0.2, 0) is 11.3 Å². The third-order valence-electron chi connectivity index (χ3n) is 3.49. The molecule has 1 heterocycles. The first kappa shape index (κ1) is 13.3. The van der Waals surface area contributed by atoms with E-state index in [0.29, 0.717) is 16.4 Å². The number of nitrogens with zero attached hydrogens (tertiary/aromatic N) is 1. The maximum atomic E-state index is 14.0. The maximum absolute atomic E-state index is 14.0. The van der Waals surface area contributed by atoms with Crippen LogP contribution in [0.2, 0.25) is 0 Å². The second-order valence-corrected chi connectivity index (χ2v) is 4.96. The number of carboxylic acid groups (broad SMARTS) is 1. The smallest absolute Gasteiger partial charge is 0.323 e. The van der Waals surface area contributed by atoms with Crippen LogP contribution in [0.1, 0.15) is 5.56 Å². The normalized spacial score (nSPS) is 11.1. The monoisotopic (exact) mass is 285 g/mol. The van der Waals surface area contributed by atoms with Gasteiger partial charge in [0.2, 0.25) is 0 Å². The van der Waals surface area contributed by atoms with Crippen molar-refractivity contribution in [2.24, 2.45) is 0 Å². The molecule has 0 aliphatic rings. The van der Waals surface area contributed by atoms with Gasteiger partial charge in [-0.15, -0.1) is 0 Å². The van der Waals surface area contributed by atoms with Crippen LogP contribution in [-0.4, -0.2) is 15.6 Å². The van der Waals surface area contributed by atoms with Crippen molar-refractivity contribution >= 4 is 27.8 Å². The van der Waals surface area contributed by atoms with Gasteiger partial charge in [-0.05, 0) is 36.8 Å². The summed E-state index contributed by atoms with van der Waals surface area (Å²) in [6.45, 7) is 1.52. The lowest BCUT2D eigenvalue weighted by molar-refractivity contribution is -0.137. The van der Waals surface area contributed by atoms with E-state index in [1.807, 2.05) is 6.92 Å². The van der Waals surface area contributed by atoms with E-state index in [2.05, 4.69) is 0 Å². The van der Waals surface area contributed by atoms with Gasteiger partial charge in [0.25, 0.3) is 0 Å². The fourth-order valence-corrected chi connectivity index (χ4v) is 2.59. The molecule has 106 valence electrons. The SMILES string of the molecule is Cc1ccc2c(=O)c3c(F)cccc3n(CC(=O)O)c2c1. The van der Waals surface area contributed by atoms with Crippen LogP contribution in [0.15, 0.2) is 41.2 Å². The highest BCUT2D eigenvalue weighted by molar-refractivity contribution is 5.95. The number of aliphatic carboxylic acids is 1. The summed E-state index contributed by atoms with van der Waals surface area (Å²) in [5.74, 6) is -1.69. The van der Waals surface area contributed by atoms with Crippen LogP contribution in [0.25, 0.3) is 21.8 Å². The summed E-state index contributed by atoms with van der Waals surface area (Å²) < 4.78 is 15.5. The predicted molar refractivity (Wildman–Crippen MR) is 78.0 cm³/mol. The summed E-state index contributed by atoms with van der Waals surface area (Å²) in [7, 11) is 0. The average Bonchev–Trinajstić information content (AvgIpc) is 2.42. The van der Waals surface area contributed by atoms with Gasteiger partial charge >= 0.3 is 5.97 Å². The second kappa shape index (κ2) is 4.70. The Morgan fingerprint density at radius 2 is 2.00 bits per heavy atom. The van der Waals surface area contributed by atoms with Gasteiger partial charge in [0.15, 0.2) is 5.43 Å². The van der Waals surface area contributed by atoms with Crippen molar-refractivity contribution in [1.29, 1.82) is 0 Å². The Bertz CT molecular complexity index is 940. The Morgan fingerprint density at radius 3 is 2.71 bits per heavy atom. The first-order valence-corrected chi connectivity index (χ1v) is 6.42. The zero-order valence-electron chi connectivity index (χ0n) is 11.3. The van der Waals surface area contributed by atoms with E-state index in [4.69, 9.17) is 5.11 Å². The van der Waals surface area contributed by atoms with Crippen molar-refractivity contribution in [3.8, 4) is 0 Å². The van der Waals surface area contributed by atoms with Gasteiger partial charge in [-0.2, -0.15) is 0 Å². The molecule has 21 heavy (non-hydrogen) atoms. The first-order chi connectivity index (χ1) is 9.99. The van der Waals surface area contributed by atoms with Crippen LogP contribution >= 0.6 is 0 Å². The fraction of sp³-hybridized carbons (Fsp3) is 0.125. The molecule has 5 heteroatoms. The Balaban J connectivity index is 2.61. The van der Waals surface area contributed by atoms with Crippen molar-refractivity contribution in [2.75, 3.05) is 0 Å². The first-order valence-electron chi connectivity index (χ1n) is 6.42. The molecular weight excluding hydrogens is 273 g/mol. The van der Waals surface area contributed by atoms with Crippen molar-refractivity contribution in [3.05, 3.63) is 58.0 Å². The highest BCUT2D eigenvalue weighted by Gasteiger charge is 2.15. The lowest BCUT2D eigenvalue weighted by Gasteiger charge is -2.14. The third-order valence-corrected chi connectivity index (χ3v) is 3.49. The van der Waals surface area contributed by atoms with Gasteiger partial charge in [0, 0.05) is 5.39 Å². The molecule has 2 aromatic carbocycles. The predicted octanol–water partition coefficient (Wildman–Crippen LogP) is 2.69. The fourth-order valence-electron chi connectivity index (χ4n) is 2.59. The van der Waals surface area contributed by atoms with E-state index in [1.165, 1.54) is 16.7 Å². The summed E-state index contributed by atoms with van der Waals surface area (Å²) in [5.41, 5.74) is 1.28. The van der Waals surface area contributed by atoms with E-state index in [1.54, 1.807) is 24.3 Å². The zero-order valence-corrected chi connectivity index (χ0v) is 11.3. The minimum Gasteiger partial charge on any atom is -0.480 e. The minimum absolute atomic E-state index is 0.0740. The Labute approximate surface area is 119 Å². The Kier molecular flexibility index (Phi) is 2.97. The Hall–Kier alpha value is -2.69. The van der Waals surface area contributed by atoms with Crippen LogP contribution in [0, 0.1) is 12.7 Å². The minimum atomic E-state index is -1.05. The summed E-state index contributed by atoms with van der Waals surface area (Å²) in [6.07, 6.45) is 0. The van der Waals surface area contributed by atoms with Gasteiger partial charge < -0.3 is 9.67 Å². The largest absolute Gasteiger partial charge is 0.480 e. The van der Waals surface area contributed by atoms with Crippen molar-refractivity contribution in [2.45, 2.75) is 13.5 Å². The van der Waals surface area contributed by atoms with Crippen molar-refractivity contribution in [1.82, 2.24) is 4.57 Å². The molecule has 1 N–H and O–H groups in total. The second-order valence-electron chi connectivity index (χ2n) is 4.96.